The molecule has 0 aliphatic heterocycles. The molecule has 0 saturated heterocycles. The molecule has 0 spiro atoms. The van der Waals surface area contributed by atoms with Crippen molar-refractivity contribution in [2.45, 2.75) is 0 Å². The molecule has 0 aliphatic rings. The smallest absolute Gasteiger partial charge is 0.164 e. The van der Waals surface area contributed by atoms with E-state index in [0.717, 1.165) is 49.5 Å². The fourth-order valence-electron chi connectivity index (χ4n) is 4.74. The van der Waals surface area contributed by atoms with Gasteiger partial charge in [0, 0.05) is 58.4 Å². The molecule has 0 aliphatic carbocycles. The first-order valence-corrected chi connectivity index (χ1v) is 12.3. The number of benzene rings is 3. The third kappa shape index (κ3) is 3.94. The van der Waals surface area contributed by atoms with Gasteiger partial charge in [-0.3, -0.25) is 15.0 Å². The van der Waals surface area contributed by atoms with Gasteiger partial charge in [0.25, 0.3) is 0 Å². The van der Waals surface area contributed by atoms with Crippen molar-refractivity contribution in [3.63, 3.8) is 0 Å². The Kier molecular flexibility index (Phi) is 5.33. The summed E-state index contributed by atoms with van der Waals surface area (Å²) in [5.41, 5.74) is 5.79. The second-order valence-electron chi connectivity index (χ2n) is 8.90. The molecule has 3 aromatic carbocycles. The summed E-state index contributed by atoms with van der Waals surface area (Å²) >= 11 is 0. The molecule has 0 atom stereocenters. The average molecular weight is 489 g/mol. The Labute approximate surface area is 218 Å². The van der Waals surface area contributed by atoms with Crippen molar-refractivity contribution in [1.82, 2.24) is 29.9 Å². The highest BCUT2D eigenvalue weighted by Crippen LogP contribution is 2.32. The van der Waals surface area contributed by atoms with Gasteiger partial charge < -0.3 is 0 Å². The van der Waals surface area contributed by atoms with E-state index >= 15 is 0 Å². The maximum Gasteiger partial charge on any atom is 0.164 e. The van der Waals surface area contributed by atoms with E-state index < -0.39 is 0 Å². The van der Waals surface area contributed by atoms with Crippen LogP contribution in [0.1, 0.15) is 0 Å². The maximum atomic E-state index is 5.00. The van der Waals surface area contributed by atoms with E-state index in [9.17, 15) is 0 Å². The number of hydrogen-bond acceptors (Lipinski definition) is 6. The van der Waals surface area contributed by atoms with Crippen LogP contribution in [0.5, 0.6) is 0 Å². The van der Waals surface area contributed by atoms with Crippen LogP contribution in [-0.4, -0.2) is 29.9 Å². The average Bonchev–Trinajstić information content (AvgIpc) is 3.01. The third-order valence-corrected chi connectivity index (χ3v) is 6.58. The zero-order chi connectivity index (χ0) is 25.3. The van der Waals surface area contributed by atoms with Crippen molar-refractivity contribution < 1.29 is 0 Å². The predicted octanol–water partition coefficient (Wildman–Crippen LogP) is 7.03. The van der Waals surface area contributed by atoms with Crippen molar-refractivity contribution >= 4 is 21.7 Å². The lowest BCUT2D eigenvalue weighted by Crippen LogP contribution is -2.01. The third-order valence-electron chi connectivity index (χ3n) is 6.58. The molecule has 0 N–H and O–H groups in total. The van der Waals surface area contributed by atoms with Gasteiger partial charge in [0.2, 0.25) is 0 Å². The Balaban J connectivity index is 1.48. The number of fused-ring (bicyclic) bond motifs is 2. The van der Waals surface area contributed by atoms with Crippen LogP contribution in [0, 0.1) is 0 Å². The number of rotatable bonds is 4. The molecule has 6 heteroatoms. The summed E-state index contributed by atoms with van der Waals surface area (Å²) in [6.45, 7) is 0. The van der Waals surface area contributed by atoms with Gasteiger partial charge in [-0.2, -0.15) is 0 Å². The van der Waals surface area contributed by atoms with Gasteiger partial charge in [-0.1, -0.05) is 54.6 Å². The van der Waals surface area contributed by atoms with Crippen LogP contribution in [0.4, 0.5) is 0 Å². The first-order valence-electron chi connectivity index (χ1n) is 12.3. The van der Waals surface area contributed by atoms with Gasteiger partial charge in [0.05, 0.1) is 5.52 Å². The summed E-state index contributed by atoms with van der Waals surface area (Å²) in [7, 11) is 0. The molecule has 4 aromatic heterocycles. The minimum atomic E-state index is 0.601. The second-order valence-corrected chi connectivity index (χ2v) is 8.90. The van der Waals surface area contributed by atoms with Crippen molar-refractivity contribution in [3.8, 4) is 45.3 Å². The molecule has 7 aromatic rings. The molecule has 0 fully saturated rings. The summed E-state index contributed by atoms with van der Waals surface area (Å²) in [4.78, 5) is 28.0. The summed E-state index contributed by atoms with van der Waals surface area (Å²) in [5.74, 6) is 1.81. The molecule has 0 unspecified atom stereocenters. The summed E-state index contributed by atoms with van der Waals surface area (Å²) < 4.78 is 0. The first-order chi connectivity index (χ1) is 18.8. The standard InChI is InChI=1S/C32H20N6/c1-5-22(21-12-16-33-17-13-21)19-23(6-1)30-36-31(27-8-2-7-24-20-34-18-14-25(24)27)38-32(37-30)28-9-3-11-29-26(28)10-4-15-35-29/h1-20H. The number of aromatic nitrogens is 6. The van der Waals surface area contributed by atoms with Crippen molar-refractivity contribution in [2.75, 3.05) is 0 Å². The quantitative estimate of drug-likeness (QED) is 0.265. The Hall–Kier alpha value is -5.36. The van der Waals surface area contributed by atoms with Crippen LogP contribution in [0.25, 0.3) is 67.0 Å². The van der Waals surface area contributed by atoms with E-state index in [-0.39, 0.29) is 0 Å². The van der Waals surface area contributed by atoms with Crippen LogP contribution in [0.3, 0.4) is 0 Å². The fraction of sp³-hybridized carbons (Fsp3) is 0. The van der Waals surface area contributed by atoms with E-state index in [1.54, 1.807) is 24.8 Å². The Morgan fingerprint density at radius 1 is 0.447 bits per heavy atom. The highest BCUT2D eigenvalue weighted by atomic mass is 15.0. The van der Waals surface area contributed by atoms with E-state index in [1.807, 2.05) is 79.0 Å². The predicted molar refractivity (Wildman–Crippen MR) is 150 cm³/mol. The van der Waals surface area contributed by atoms with Crippen molar-refractivity contribution in [1.29, 1.82) is 0 Å². The van der Waals surface area contributed by atoms with Crippen molar-refractivity contribution in [3.05, 3.63) is 122 Å². The maximum absolute atomic E-state index is 5.00. The normalized spacial score (nSPS) is 11.2. The van der Waals surface area contributed by atoms with Gasteiger partial charge in [-0.15, -0.1) is 0 Å². The second kappa shape index (κ2) is 9.26. The van der Waals surface area contributed by atoms with Crippen LogP contribution in [0.2, 0.25) is 0 Å². The molecule has 0 radical (unpaired) electrons. The van der Waals surface area contributed by atoms with E-state index in [4.69, 9.17) is 15.0 Å². The largest absolute Gasteiger partial charge is 0.265 e. The van der Waals surface area contributed by atoms with Gasteiger partial charge in [-0.25, -0.2) is 15.0 Å². The monoisotopic (exact) mass is 488 g/mol. The molecular weight excluding hydrogens is 468 g/mol. The van der Waals surface area contributed by atoms with Gasteiger partial charge in [-0.05, 0) is 52.9 Å². The topological polar surface area (TPSA) is 77.3 Å². The lowest BCUT2D eigenvalue weighted by molar-refractivity contribution is 1.08. The Bertz CT molecular complexity index is 1830. The van der Waals surface area contributed by atoms with Gasteiger partial charge in [0.15, 0.2) is 17.5 Å². The Morgan fingerprint density at radius 2 is 1.16 bits per heavy atom. The minimum Gasteiger partial charge on any atom is -0.265 e. The molecule has 38 heavy (non-hydrogen) atoms. The summed E-state index contributed by atoms with van der Waals surface area (Å²) in [6, 6.07) is 30.3. The molecule has 7 rings (SSSR count). The van der Waals surface area contributed by atoms with Gasteiger partial charge in [0.1, 0.15) is 0 Å². The molecule has 0 amide bonds. The number of nitrogens with zero attached hydrogens (tertiary/aromatic N) is 6. The van der Waals surface area contributed by atoms with Gasteiger partial charge >= 0.3 is 0 Å². The zero-order valence-electron chi connectivity index (χ0n) is 20.2. The fourth-order valence-corrected chi connectivity index (χ4v) is 4.74. The lowest BCUT2D eigenvalue weighted by Gasteiger charge is -2.12. The van der Waals surface area contributed by atoms with Crippen LogP contribution >= 0.6 is 0 Å². The van der Waals surface area contributed by atoms with Crippen LogP contribution in [-0.2, 0) is 0 Å². The molecular formula is C32H20N6. The highest BCUT2D eigenvalue weighted by Gasteiger charge is 2.16. The lowest BCUT2D eigenvalue weighted by atomic mass is 10.0. The molecule has 0 saturated carbocycles. The van der Waals surface area contributed by atoms with Crippen molar-refractivity contribution in [2.24, 2.45) is 0 Å². The first kappa shape index (κ1) is 21.9. The van der Waals surface area contributed by atoms with Crippen LogP contribution in [0.15, 0.2) is 122 Å². The van der Waals surface area contributed by atoms with E-state index in [1.165, 1.54) is 0 Å². The summed E-state index contributed by atoms with van der Waals surface area (Å²) in [6.07, 6.45) is 9.04. The zero-order valence-corrected chi connectivity index (χ0v) is 20.2. The Morgan fingerprint density at radius 3 is 2.03 bits per heavy atom. The number of pyridine rings is 3. The van der Waals surface area contributed by atoms with E-state index in [2.05, 4.69) is 33.2 Å². The van der Waals surface area contributed by atoms with Crippen LogP contribution < -0.4 is 0 Å². The minimum absolute atomic E-state index is 0.601. The van der Waals surface area contributed by atoms with E-state index in [0.29, 0.717) is 17.5 Å². The SMILES string of the molecule is c1cc(-c2ccncc2)cc(-c2nc(-c3cccc4cnccc34)nc(-c3cccc4ncccc34)n2)c1. The molecule has 6 nitrogen and oxygen atoms in total. The molecule has 4 heterocycles. The summed E-state index contributed by atoms with van der Waals surface area (Å²) in [5, 5.41) is 3.06. The highest BCUT2D eigenvalue weighted by molar-refractivity contribution is 5.96. The molecule has 0 bridgehead atoms. The number of hydrogen-bond donors (Lipinski definition) is 0. The molecule has 178 valence electrons.